The quantitative estimate of drug-likeness (QED) is 0.619. The molecule has 2 rings (SSSR count). The smallest absolute Gasteiger partial charge is 0.182 e. The minimum absolute atomic E-state index is 0.0894. The van der Waals surface area contributed by atoms with E-state index in [0.717, 1.165) is 0 Å². The first-order chi connectivity index (χ1) is 6.96. The SMILES string of the molecule is C[C@@H]1C[C@H](O)C=C2C(=O)C=C[C@@H](O)[C@]21C. The van der Waals surface area contributed by atoms with Crippen molar-refractivity contribution in [2.75, 3.05) is 0 Å². The van der Waals surface area contributed by atoms with Crippen LogP contribution in [-0.4, -0.2) is 28.2 Å². The maximum atomic E-state index is 11.7. The Morgan fingerprint density at radius 2 is 2.13 bits per heavy atom. The van der Waals surface area contributed by atoms with Crippen LogP contribution in [0.4, 0.5) is 0 Å². The molecule has 0 unspecified atom stereocenters. The zero-order chi connectivity index (χ0) is 11.2. The van der Waals surface area contributed by atoms with Gasteiger partial charge in [-0.25, -0.2) is 0 Å². The minimum Gasteiger partial charge on any atom is -0.389 e. The Balaban J connectivity index is 2.54. The zero-order valence-electron chi connectivity index (χ0n) is 8.97. The van der Waals surface area contributed by atoms with Crippen LogP contribution >= 0.6 is 0 Å². The lowest BCUT2D eigenvalue weighted by Crippen LogP contribution is -2.47. The van der Waals surface area contributed by atoms with Crippen LogP contribution in [0.5, 0.6) is 0 Å². The summed E-state index contributed by atoms with van der Waals surface area (Å²) >= 11 is 0. The average Bonchev–Trinajstić information content (AvgIpc) is 2.17. The molecule has 0 bridgehead atoms. The van der Waals surface area contributed by atoms with Crippen LogP contribution < -0.4 is 0 Å². The molecule has 0 saturated carbocycles. The lowest BCUT2D eigenvalue weighted by atomic mass is 9.60. The first-order valence-electron chi connectivity index (χ1n) is 5.27. The molecule has 0 saturated heterocycles. The van der Waals surface area contributed by atoms with Crippen molar-refractivity contribution in [3.63, 3.8) is 0 Å². The Morgan fingerprint density at radius 1 is 1.47 bits per heavy atom. The number of ketones is 1. The standard InChI is InChI=1S/C12H16O3/c1-7-5-8(13)6-9-10(14)3-4-11(15)12(7,9)2/h3-4,6-8,11,13,15H,5H2,1-2H3/t7-,8+,11-,12+/m1/s1. The van der Waals surface area contributed by atoms with Crippen molar-refractivity contribution in [3.8, 4) is 0 Å². The third-order valence-electron chi connectivity index (χ3n) is 3.87. The van der Waals surface area contributed by atoms with Gasteiger partial charge in [-0.15, -0.1) is 0 Å². The number of fused-ring (bicyclic) bond motifs is 1. The average molecular weight is 208 g/mol. The maximum absolute atomic E-state index is 11.7. The van der Waals surface area contributed by atoms with E-state index in [-0.39, 0.29) is 11.7 Å². The highest BCUT2D eigenvalue weighted by Crippen LogP contribution is 2.47. The first kappa shape index (κ1) is 10.6. The third kappa shape index (κ3) is 1.38. The van der Waals surface area contributed by atoms with Crippen molar-refractivity contribution in [3.05, 3.63) is 23.8 Å². The van der Waals surface area contributed by atoms with Gasteiger partial charge in [0.15, 0.2) is 5.78 Å². The fourth-order valence-corrected chi connectivity index (χ4v) is 2.58. The number of carbonyl (C=O) groups is 1. The molecule has 0 radical (unpaired) electrons. The summed E-state index contributed by atoms with van der Waals surface area (Å²) in [5.41, 5.74) is 0.0224. The van der Waals surface area contributed by atoms with E-state index in [2.05, 4.69) is 0 Å². The summed E-state index contributed by atoms with van der Waals surface area (Å²) in [5.74, 6) is 0.00444. The van der Waals surface area contributed by atoms with E-state index in [9.17, 15) is 15.0 Å². The molecule has 0 heterocycles. The summed E-state index contributed by atoms with van der Waals surface area (Å²) in [5, 5.41) is 19.6. The predicted molar refractivity (Wildman–Crippen MR) is 56.1 cm³/mol. The molecule has 0 aliphatic heterocycles. The van der Waals surface area contributed by atoms with Crippen molar-refractivity contribution in [1.29, 1.82) is 0 Å². The number of rotatable bonds is 0. The van der Waals surface area contributed by atoms with Gasteiger partial charge in [-0.2, -0.15) is 0 Å². The second-order valence-corrected chi connectivity index (χ2v) is 4.74. The zero-order valence-corrected chi connectivity index (χ0v) is 8.97. The fraction of sp³-hybridized carbons (Fsp3) is 0.583. The highest BCUT2D eigenvalue weighted by Gasteiger charge is 2.47. The van der Waals surface area contributed by atoms with E-state index in [1.165, 1.54) is 6.08 Å². The summed E-state index contributed by atoms with van der Waals surface area (Å²) in [7, 11) is 0. The Kier molecular flexibility index (Phi) is 2.32. The van der Waals surface area contributed by atoms with E-state index in [0.29, 0.717) is 12.0 Å². The summed E-state index contributed by atoms with van der Waals surface area (Å²) in [4.78, 5) is 11.7. The molecule has 0 amide bonds. The molecule has 3 heteroatoms. The van der Waals surface area contributed by atoms with Gasteiger partial charge in [-0.05, 0) is 24.5 Å². The van der Waals surface area contributed by atoms with E-state index < -0.39 is 17.6 Å². The number of aliphatic hydroxyl groups is 2. The number of aliphatic hydroxyl groups excluding tert-OH is 2. The molecule has 0 fully saturated rings. The van der Waals surface area contributed by atoms with Crippen LogP contribution in [0.1, 0.15) is 20.3 Å². The van der Waals surface area contributed by atoms with Gasteiger partial charge in [0.1, 0.15) is 0 Å². The van der Waals surface area contributed by atoms with Crippen molar-refractivity contribution >= 4 is 5.78 Å². The van der Waals surface area contributed by atoms with Gasteiger partial charge < -0.3 is 10.2 Å². The largest absolute Gasteiger partial charge is 0.389 e. The molecule has 82 valence electrons. The Labute approximate surface area is 89.1 Å². The second kappa shape index (κ2) is 3.29. The van der Waals surface area contributed by atoms with Gasteiger partial charge in [0.2, 0.25) is 0 Å². The van der Waals surface area contributed by atoms with Crippen molar-refractivity contribution in [2.24, 2.45) is 11.3 Å². The van der Waals surface area contributed by atoms with E-state index in [1.54, 1.807) is 12.2 Å². The predicted octanol–water partition coefficient (Wildman–Crippen LogP) is 0.820. The monoisotopic (exact) mass is 208 g/mol. The van der Waals surface area contributed by atoms with Crippen LogP contribution in [0.25, 0.3) is 0 Å². The molecule has 4 atom stereocenters. The summed E-state index contributed by atoms with van der Waals surface area (Å²) < 4.78 is 0. The van der Waals surface area contributed by atoms with Gasteiger partial charge in [0, 0.05) is 11.0 Å². The van der Waals surface area contributed by atoms with Crippen molar-refractivity contribution in [1.82, 2.24) is 0 Å². The molecule has 2 N–H and O–H groups in total. The molecular weight excluding hydrogens is 192 g/mol. The molecule has 0 aromatic rings. The molecule has 3 nitrogen and oxygen atoms in total. The van der Waals surface area contributed by atoms with Crippen LogP contribution in [0.15, 0.2) is 23.8 Å². The molecule has 0 spiro atoms. The number of allylic oxidation sites excluding steroid dienone is 1. The number of carbonyl (C=O) groups excluding carboxylic acids is 1. The Bertz CT molecular complexity index is 356. The number of hydrogen-bond acceptors (Lipinski definition) is 3. The van der Waals surface area contributed by atoms with Crippen LogP contribution in [-0.2, 0) is 4.79 Å². The van der Waals surface area contributed by atoms with E-state index in [4.69, 9.17) is 0 Å². The maximum Gasteiger partial charge on any atom is 0.182 e. The van der Waals surface area contributed by atoms with Gasteiger partial charge >= 0.3 is 0 Å². The molecular formula is C12H16O3. The van der Waals surface area contributed by atoms with Crippen molar-refractivity contribution in [2.45, 2.75) is 32.5 Å². The van der Waals surface area contributed by atoms with Crippen LogP contribution in [0, 0.1) is 11.3 Å². The van der Waals surface area contributed by atoms with Gasteiger partial charge in [-0.1, -0.05) is 19.9 Å². The fourth-order valence-electron chi connectivity index (χ4n) is 2.58. The second-order valence-electron chi connectivity index (χ2n) is 4.74. The highest BCUT2D eigenvalue weighted by molar-refractivity contribution is 6.06. The molecule has 2 aliphatic rings. The first-order valence-corrected chi connectivity index (χ1v) is 5.27. The summed E-state index contributed by atoms with van der Waals surface area (Å²) in [6, 6.07) is 0. The summed E-state index contributed by atoms with van der Waals surface area (Å²) in [6.45, 7) is 3.85. The molecule has 15 heavy (non-hydrogen) atoms. The topological polar surface area (TPSA) is 57.5 Å². The normalized spacial score (nSPS) is 44.9. The highest BCUT2D eigenvalue weighted by atomic mass is 16.3. The number of hydrogen-bond donors (Lipinski definition) is 2. The van der Waals surface area contributed by atoms with Crippen LogP contribution in [0.3, 0.4) is 0 Å². The molecule has 0 aromatic carbocycles. The molecule has 0 aromatic heterocycles. The lowest BCUT2D eigenvalue weighted by molar-refractivity contribution is -0.115. The lowest BCUT2D eigenvalue weighted by Gasteiger charge is -2.45. The van der Waals surface area contributed by atoms with Gasteiger partial charge in [0.05, 0.1) is 12.2 Å². The van der Waals surface area contributed by atoms with Gasteiger partial charge in [-0.3, -0.25) is 4.79 Å². The van der Waals surface area contributed by atoms with E-state index >= 15 is 0 Å². The Morgan fingerprint density at radius 3 is 2.80 bits per heavy atom. The van der Waals surface area contributed by atoms with E-state index in [1.807, 2.05) is 13.8 Å². The van der Waals surface area contributed by atoms with Crippen molar-refractivity contribution < 1.29 is 15.0 Å². The summed E-state index contributed by atoms with van der Waals surface area (Å²) in [6.07, 6.45) is 3.93. The minimum atomic E-state index is -0.635. The van der Waals surface area contributed by atoms with Crippen LogP contribution in [0.2, 0.25) is 0 Å². The van der Waals surface area contributed by atoms with Gasteiger partial charge in [0.25, 0.3) is 0 Å². The Hall–Kier alpha value is -0.930. The third-order valence-corrected chi connectivity index (χ3v) is 3.87. The molecule has 2 aliphatic carbocycles.